The maximum Gasteiger partial charge on any atom is 0.143 e. The summed E-state index contributed by atoms with van der Waals surface area (Å²) >= 11 is 0. The highest BCUT2D eigenvalue weighted by atomic mass is 16.5. The number of rotatable bonds is 2. The van der Waals surface area contributed by atoms with Gasteiger partial charge in [-0.25, -0.2) is 0 Å². The van der Waals surface area contributed by atoms with Gasteiger partial charge in [0.15, 0.2) is 0 Å². The van der Waals surface area contributed by atoms with E-state index in [1.807, 2.05) is 0 Å². The zero-order chi connectivity index (χ0) is 12.5. The summed E-state index contributed by atoms with van der Waals surface area (Å²) in [5, 5.41) is 3.73. The number of ether oxygens (including phenoxy) is 1. The van der Waals surface area contributed by atoms with E-state index >= 15 is 0 Å². The van der Waals surface area contributed by atoms with Crippen LogP contribution >= 0.6 is 0 Å². The van der Waals surface area contributed by atoms with Gasteiger partial charge in [-0.3, -0.25) is 0 Å². The standard InChI is InChI=1S/C16H23NO/c1-3-5-12-8-9-14-13(10-12)17-16-11(2)6-4-7-15(16)18-14/h4,6-7,12-14,17H,3,5,8-10H2,1-2H3. The molecule has 1 aliphatic heterocycles. The Bertz CT molecular complexity index is 429. The average molecular weight is 245 g/mol. The largest absolute Gasteiger partial charge is 0.486 e. The third-order valence-electron chi connectivity index (χ3n) is 4.44. The fourth-order valence-electron chi connectivity index (χ4n) is 3.47. The van der Waals surface area contributed by atoms with E-state index in [1.54, 1.807) is 0 Å². The Morgan fingerprint density at radius 2 is 2.22 bits per heavy atom. The van der Waals surface area contributed by atoms with Crippen LogP contribution < -0.4 is 10.1 Å². The second-order valence-corrected chi connectivity index (χ2v) is 5.82. The molecule has 98 valence electrons. The molecule has 1 fully saturated rings. The second kappa shape index (κ2) is 4.83. The Morgan fingerprint density at radius 1 is 1.33 bits per heavy atom. The van der Waals surface area contributed by atoms with Gasteiger partial charge in [0.1, 0.15) is 11.9 Å². The molecular weight excluding hydrogens is 222 g/mol. The molecule has 18 heavy (non-hydrogen) atoms. The number of benzene rings is 1. The molecule has 0 spiro atoms. The molecule has 2 aliphatic rings. The molecule has 1 heterocycles. The molecule has 2 heteroatoms. The number of hydrogen-bond donors (Lipinski definition) is 1. The first-order valence-electron chi connectivity index (χ1n) is 7.30. The Hall–Kier alpha value is -1.18. The van der Waals surface area contributed by atoms with Crippen molar-refractivity contribution < 1.29 is 4.74 Å². The summed E-state index contributed by atoms with van der Waals surface area (Å²) in [5.74, 6) is 1.93. The van der Waals surface area contributed by atoms with Crippen LogP contribution in [0.15, 0.2) is 18.2 Å². The van der Waals surface area contributed by atoms with Crippen LogP contribution in [0.2, 0.25) is 0 Å². The lowest BCUT2D eigenvalue weighted by molar-refractivity contribution is 0.105. The van der Waals surface area contributed by atoms with Crippen molar-refractivity contribution in [3.63, 3.8) is 0 Å². The Labute approximate surface area is 110 Å². The molecule has 0 radical (unpaired) electrons. The monoisotopic (exact) mass is 245 g/mol. The summed E-state index contributed by atoms with van der Waals surface area (Å²) in [6.45, 7) is 4.44. The van der Waals surface area contributed by atoms with Gasteiger partial charge in [0.05, 0.1) is 11.7 Å². The summed E-state index contributed by atoms with van der Waals surface area (Å²) in [5.41, 5.74) is 2.51. The lowest BCUT2D eigenvalue weighted by atomic mass is 9.80. The fourth-order valence-corrected chi connectivity index (χ4v) is 3.47. The van der Waals surface area contributed by atoms with E-state index in [1.165, 1.54) is 43.4 Å². The molecule has 1 saturated carbocycles. The number of nitrogens with one attached hydrogen (secondary N) is 1. The quantitative estimate of drug-likeness (QED) is 0.845. The smallest absolute Gasteiger partial charge is 0.143 e. The normalized spacial score (nSPS) is 29.8. The highest BCUT2D eigenvalue weighted by Crippen LogP contribution is 2.40. The summed E-state index contributed by atoms with van der Waals surface area (Å²) in [4.78, 5) is 0. The molecule has 0 bridgehead atoms. The Kier molecular flexibility index (Phi) is 3.19. The van der Waals surface area contributed by atoms with Crippen LogP contribution in [-0.4, -0.2) is 12.1 Å². The molecule has 3 unspecified atom stereocenters. The molecule has 0 amide bonds. The molecule has 0 saturated heterocycles. The van der Waals surface area contributed by atoms with E-state index in [-0.39, 0.29) is 0 Å². The van der Waals surface area contributed by atoms with Gasteiger partial charge >= 0.3 is 0 Å². The summed E-state index contributed by atoms with van der Waals surface area (Å²) in [6, 6.07) is 6.84. The molecule has 3 atom stereocenters. The maximum absolute atomic E-state index is 6.18. The van der Waals surface area contributed by atoms with Crippen molar-refractivity contribution in [2.24, 2.45) is 5.92 Å². The molecule has 0 aromatic heterocycles. The minimum Gasteiger partial charge on any atom is -0.486 e. The second-order valence-electron chi connectivity index (χ2n) is 5.82. The molecule has 2 nitrogen and oxygen atoms in total. The van der Waals surface area contributed by atoms with Crippen molar-refractivity contribution in [3.05, 3.63) is 23.8 Å². The number of aryl methyl sites for hydroxylation is 1. The third-order valence-corrected chi connectivity index (χ3v) is 4.44. The fraction of sp³-hybridized carbons (Fsp3) is 0.625. The van der Waals surface area contributed by atoms with Crippen molar-refractivity contribution in [1.82, 2.24) is 0 Å². The van der Waals surface area contributed by atoms with E-state index in [4.69, 9.17) is 4.74 Å². The first kappa shape index (κ1) is 11.9. The van der Waals surface area contributed by atoms with Crippen molar-refractivity contribution in [1.29, 1.82) is 0 Å². The van der Waals surface area contributed by atoms with E-state index < -0.39 is 0 Å². The van der Waals surface area contributed by atoms with Crippen LogP contribution in [0.25, 0.3) is 0 Å². The van der Waals surface area contributed by atoms with Gasteiger partial charge < -0.3 is 10.1 Å². The van der Waals surface area contributed by atoms with E-state index in [0.29, 0.717) is 12.1 Å². The van der Waals surface area contributed by atoms with E-state index in [9.17, 15) is 0 Å². The SMILES string of the molecule is CCCC1CCC2Oc3cccc(C)c3NC2C1. The van der Waals surface area contributed by atoms with Crippen LogP contribution in [-0.2, 0) is 0 Å². The number of anilines is 1. The van der Waals surface area contributed by atoms with Gasteiger partial charge in [-0.05, 0) is 43.7 Å². The van der Waals surface area contributed by atoms with Crippen LogP contribution in [0.1, 0.15) is 44.6 Å². The van der Waals surface area contributed by atoms with Crippen LogP contribution in [0.5, 0.6) is 5.75 Å². The maximum atomic E-state index is 6.18. The zero-order valence-electron chi connectivity index (χ0n) is 11.4. The number of para-hydroxylation sites is 1. The van der Waals surface area contributed by atoms with Crippen LogP contribution in [0.3, 0.4) is 0 Å². The van der Waals surface area contributed by atoms with Crippen molar-refractivity contribution in [3.8, 4) is 5.75 Å². The van der Waals surface area contributed by atoms with Crippen LogP contribution in [0.4, 0.5) is 5.69 Å². The number of fused-ring (bicyclic) bond motifs is 2. The van der Waals surface area contributed by atoms with Gasteiger partial charge in [-0.2, -0.15) is 0 Å². The Balaban J connectivity index is 1.79. The summed E-state index contributed by atoms with van der Waals surface area (Å²) < 4.78 is 6.18. The minimum absolute atomic E-state index is 0.382. The third kappa shape index (κ3) is 2.09. The lowest BCUT2D eigenvalue weighted by Gasteiger charge is -2.41. The van der Waals surface area contributed by atoms with Crippen molar-refractivity contribution >= 4 is 5.69 Å². The highest BCUT2D eigenvalue weighted by Gasteiger charge is 2.35. The zero-order valence-corrected chi connectivity index (χ0v) is 11.4. The predicted molar refractivity (Wildman–Crippen MR) is 75.3 cm³/mol. The van der Waals surface area contributed by atoms with Crippen LogP contribution in [0, 0.1) is 12.8 Å². The van der Waals surface area contributed by atoms with E-state index in [0.717, 1.165) is 11.7 Å². The summed E-state index contributed by atoms with van der Waals surface area (Å²) in [6.07, 6.45) is 6.86. The number of hydrogen-bond acceptors (Lipinski definition) is 2. The molecule has 1 aliphatic carbocycles. The minimum atomic E-state index is 0.382. The molecule has 1 aromatic carbocycles. The molecule has 3 rings (SSSR count). The Morgan fingerprint density at radius 3 is 3.06 bits per heavy atom. The van der Waals surface area contributed by atoms with Gasteiger partial charge in [0, 0.05) is 0 Å². The first-order chi connectivity index (χ1) is 8.78. The van der Waals surface area contributed by atoms with Gasteiger partial charge in [0.2, 0.25) is 0 Å². The lowest BCUT2D eigenvalue weighted by Crippen LogP contribution is -2.46. The van der Waals surface area contributed by atoms with Crippen molar-refractivity contribution in [2.75, 3.05) is 5.32 Å². The first-order valence-corrected chi connectivity index (χ1v) is 7.30. The van der Waals surface area contributed by atoms with Crippen molar-refractivity contribution in [2.45, 2.75) is 58.1 Å². The summed E-state index contributed by atoms with van der Waals surface area (Å²) in [7, 11) is 0. The average Bonchev–Trinajstić information content (AvgIpc) is 2.38. The topological polar surface area (TPSA) is 21.3 Å². The predicted octanol–water partition coefficient (Wildman–Crippen LogP) is 4.14. The van der Waals surface area contributed by atoms with Gasteiger partial charge in [-0.15, -0.1) is 0 Å². The molecular formula is C16H23NO. The molecule has 1 aromatic rings. The van der Waals surface area contributed by atoms with Gasteiger partial charge in [-0.1, -0.05) is 31.9 Å². The molecule has 1 N–H and O–H groups in total. The van der Waals surface area contributed by atoms with E-state index in [2.05, 4.69) is 37.4 Å². The van der Waals surface area contributed by atoms with Gasteiger partial charge in [0.25, 0.3) is 0 Å². The highest BCUT2D eigenvalue weighted by molar-refractivity contribution is 5.63.